The number of nitrogens with zero attached hydrogens (tertiary/aromatic N) is 3. The quantitative estimate of drug-likeness (QED) is 0.879. The summed E-state index contributed by atoms with van der Waals surface area (Å²) in [5.74, 6) is 0.997. The van der Waals surface area contributed by atoms with Crippen LogP contribution in [0.2, 0.25) is 0 Å². The van der Waals surface area contributed by atoms with Gasteiger partial charge in [-0.15, -0.1) is 0 Å². The van der Waals surface area contributed by atoms with Gasteiger partial charge in [-0.2, -0.15) is 5.10 Å². The normalized spacial score (nSPS) is 10.4. The van der Waals surface area contributed by atoms with Crippen molar-refractivity contribution in [2.75, 3.05) is 24.3 Å². The molecule has 1 aromatic heterocycles. The average molecular weight is 230 g/mol. The average Bonchev–Trinajstić information content (AvgIpc) is 2.58. The minimum absolute atomic E-state index is 0.997. The lowest BCUT2D eigenvalue weighted by atomic mass is 10.2. The van der Waals surface area contributed by atoms with E-state index in [1.54, 1.807) is 0 Å². The van der Waals surface area contributed by atoms with Crippen LogP contribution in [-0.2, 0) is 7.05 Å². The number of para-hydroxylation sites is 2. The third kappa shape index (κ3) is 2.41. The molecule has 90 valence electrons. The Hall–Kier alpha value is -1.97. The molecular formula is C13H18N4. The molecule has 0 spiro atoms. The highest BCUT2D eigenvalue weighted by atomic mass is 15.3. The van der Waals surface area contributed by atoms with Gasteiger partial charge >= 0.3 is 0 Å². The molecule has 4 nitrogen and oxygen atoms in total. The van der Waals surface area contributed by atoms with E-state index in [0.717, 1.165) is 22.9 Å². The Bertz CT molecular complexity index is 514. The first-order chi connectivity index (χ1) is 8.08. The molecule has 0 saturated carbocycles. The van der Waals surface area contributed by atoms with Gasteiger partial charge in [-0.05, 0) is 19.1 Å². The summed E-state index contributed by atoms with van der Waals surface area (Å²) in [6.07, 6.45) is 0. The van der Waals surface area contributed by atoms with Crippen molar-refractivity contribution in [3.8, 4) is 0 Å². The summed E-state index contributed by atoms with van der Waals surface area (Å²) < 4.78 is 1.85. The molecule has 1 aromatic carbocycles. The molecule has 0 radical (unpaired) electrons. The van der Waals surface area contributed by atoms with Crippen molar-refractivity contribution in [2.24, 2.45) is 7.05 Å². The largest absolute Gasteiger partial charge is 0.376 e. The highest BCUT2D eigenvalue weighted by molar-refractivity contribution is 5.73. The summed E-state index contributed by atoms with van der Waals surface area (Å²) in [5, 5.41) is 7.72. The van der Waals surface area contributed by atoms with Crippen LogP contribution in [0.5, 0.6) is 0 Å². The van der Waals surface area contributed by atoms with Crippen molar-refractivity contribution in [1.29, 1.82) is 0 Å². The van der Waals surface area contributed by atoms with E-state index in [0.29, 0.717) is 0 Å². The number of hydrogen-bond acceptors (Lipinski definition) is 3. The number of rotatable bonds is 3. The molecule has 2 aromatic rings. The summed E-state index contributed by atoms with van der Waals surface area (Å²) in [6, 6.07) is 10.3. The molecular weight excluding hydrogens is 212 g/mol. The summed E-state index contributed by atoms with van der Waals surface area (Å²) in [6.45, 7) is 1.99. The minimum Gasteiger partial charge on any atom is -0.376 e. The number of aromatic nitrogens is 2. The fourth-order valence-electron chi connectivity index (χ4n) is 1.83. The molecule has 0 aliphatic heterocycles. The summed E-state index contributed by atoms with van der Waals surface area (Å²) in [4.78, 5) is 2.09. The molecule has 0 aliphatic rings. The summed E-state index contributed by atoms with van der Waals surface area (Å²) in [5.41, 5.74) is 3.25. The van der Waals surface area contributed by atoms with E-state index < -0.39 is 0 Å². The molecule has 0 unspecified atom stereocenters. The third-order valence-corrected chi connectivity index (χ3v) is 2.65. The van der Waals surface area contributed by atoms with Gasteiger partial charge in [0.1, 0.15) is 5.82 Å². The van der Waals surface area contributed by atoms with E-state index in [9.17, 15) is 0 Å². The van der Waals surface area contributed by atoms with Crippen LogP contribution in [0.3, 0.4) is 0 Å². The molecule has 4 heteroatoms. The second-order valence-electron chi connectivity index (χ2n) is 4.33. The first-order valence-corrected chi connectivity index (χ1v) is 5.62. The molecule has 0 atom stereocenters. The first-order valence-electron chi connectivity index (χ1n) is 5.62. The van der Waals surface area contributed by atoms with Gasteiger partial charge in [-0.1, -0.05) is 12.1 Å². The molecule has 17 heavy (non-hydrogen) atoms. The van der Waals surface area contributed by atoms with Gasteiger partial charge in [0.05, 0.1) is 17.1 Å². The standard InChI is InChI=1S/C13H18N4/c1-10-9-13(17(4)15-10)14-11-7-5-6-8-12(11)16(2)3/h5-9,14H,1-4H3. The van der Waals surface area contributed by atoms with Crippen molar-refractivity contribution in [3.63, 3.8) is 0 Å². The topological polar surface area (TPSA) is 33.1 Å². The van der Waals surface area contributed by atoms with Crippen LogP contribution in [0.4, 0.5) is 17.2 Å². The molecule has 0 aliphatic carbocycles. The van der Waals surface area contributed by atoms with Crippen molar-refractivity contribution >= 4 is 17.2 Å². The van der Waals surface area contributed by atoms with E-state index in [2.05, 4.69) is 27.4 Å². The van der Waals surface area contributed by atoms with Crippen LogP contribution in [0, 0.1) is 6.92 Å². The van der Waals surface area contributed by atoms with Gasteiger partial charge in [0.25, 0.3) is 0 Å². The highest BCUT2D eigenvalue weighted by Crippen LogP contribution is 2.27. The zero-order valence-corrected chi connectivity index (χ0v) is 10.7. The molecule has 0 amide bonds. The van der Waals surface area contributed by atoms with Crippen molar-refractivity contribution in [2.45, 2.75) is 6.92 Å². The second-order valence-corrected chi connectivity index (χ2v) is 4.33. The Kier molecular flexibility index (Phi) is 3.04. The molecule has 1 N–H and O–H groups in total. The zero-order chi connectivity index (χ0) is 12.4. The van der Waals surface area contributed by atoms with Crippen molar-refractivity contribution in [3.05, 3.63) is 36.0 Å². The van der Waals surface area contributed by atoms with Gasteiger partial charge in [0.15, 0.2) is 0 Å². The van der Waals surface area contributed by atoms with Crippen LogP contribution in [0.15, 0.2) is 30.3 Å². The van der Waals surface area contributed by atoms with Crippen LogP contribution in [0.1, 0.15) is 5.69 Å². The van der Waals surface area contributed by atoms with Gasteiger partial charge in [0.2, 0.25) is 0 Å². The third-order valence-electron chi connectivity index (χ3n) is 2.65. The zero-order valence-electron chi connectivity index (χ0n) is 10.7. The van der Waals surface area contributed by atoms with Crippen LogP contribution >= 0.6 is 0 Å². The predicted molar refractivity (Wildman–Crippen MR) is 72.0 cm³/mol. The maximum Gasteiger partial charge on any atom is 0.128 e. The molecule has 0 fully saturated rings. The Labute approximate surface area is 102 Å². The maximum absolute atomic E-state index is 4.32. The highest BCUT2D eigenvalue weighted by Gasteiger charge is 2.06. The smallest absolute Gasteiger partial charge is 0.128 e. The molecule has 0 saturated heterocycles. The lowest BCUT2D eigenvalue weighted by Gasteiger charge is -2.18. The van der Waals surface area contributed by atoms with Crippen LogP contribution in [0.25, 0.3) is 0 Å². The van der Waals surface area contributed by atoms with Gasteiger partial charge in [0, 0.05) is 27.2 Å². The number of hydrogen-bond donors (Lipinski definition) is 1. The van der Waals surface area contributed by atoms with E-state index in [-0.39, 0.29) is 0 Å². The van der Waals surface area contributed by atoms with Gasteiger partial charge < -0.3 is 10.2 Å². The second kappa shape index (κ2) is 4.49. The maximum atomic E-state index is 4.32. The summed E-state index contributed by atoms with van der Waals surface area (Å²) >= 11 is 0. The minimum atomic E-state index is 0.997. The Morgan fingerprint density at radius 1 is 1.24 bits per heavy atom. The number of benzene rings is 1. The first kappa shape index (κ1) is 11.5. The van der Waals surface area contributed by atoms with Crippen molar-refractivity contribution < 1.29 is 0 Å². The fourth-order valence-corrected chi connectivity index (χ4v) is 1.83. The van der Waals surface area contributed by atoms with Gasteiger partial charge in [-0.25, -0.2) is 0 Å². The van der Waals surface area contributed by atoms with E-state index >= 15 is 0 Å². The molecule has 1 heterocycles. The SMILES string of the molecule is Cc1cc(Nc2ccccc2N(C)C)n(C)n1. The predicted octanol–water partition coefficient (Wildman–Crippen LogP) is 2.54. The lowest BCUT2D eigenvalue weighted by molar-refractivity contribution is 0.765. The van der Waals surface area contributed by atoms with E-state index in [1.165, 1.54) is 0 Å². The van der Waals surface area contributed by atoms with E-state index in [4.69, 9.17) is 0 Å². The number of aryl methyl sites for hydroxylation is 2. The number of nitrogens with one attached hydrogen (secondary N) is 1. The Balaban J connectivity index is 2.33. The summed E-state index contributed by atoms with van der Waals surface area (Å²) in [7, 11) is 6.01. The monoisotopic (exact) mass is 230 g/mol. The van der Waals surface area contributed by atoms with Crippen LogP contribution in [-0.4, -0.2) is 23.9 Å². The van der Waals surface area contributed by atoms with Crippen LogP contribution < -0.4 is 10.2 Å². The van der Waals surface area contributed by atoms with Gasteiger partial charge in [-0.3, -0.25) is 4.68 Å². The van der Waals surface area contributed by atoms with E-state index in [1.807, 2.05) is 50.9 Å². The molecule has 2 rings (SSSR count). The number of anilines is 3. The fraction of sp³-hybridized carbons (Fsp3) is 0.308. The Morgan fingerprint density at radius 3 is 2.53 bits per heavy atom. The molecule has 0 bridgehead atoms. The van der Waals surface area contributed by atoms with Crippen molar-refractivity contribution in [1.82, 2.24) is 9.78 Å². The lowest BCUT2D eigenvalue weighted by Crippen LogP contribution is -2.11. The Morgan fingerprint density at radius 2 is 1.94 bits per heavy atom.